The Morgan fingerprint density at radius 1 is 1.55 bits per heavy atom. The normalized spacial score (nSPS) is 18.8. The number of nitro benzene ring substituents is 1. The Hall–Kier alpha value is -1.66. The van der Waals surface area contributed by atoms with Crippen molar-refractivity contribution in [3.05, 3.63) is 33.9 Å². The maximum Gasteiger partial charge on any atom is 0.310 e. The molecule has 110 valence electrons. The summed E-state index contributed by atoms with van der Waals surface area (Å²) in [6, 6.07) is 5.01. The summed E-state index contributed by atoms with van der Waals surface area (Å²) in [5.74, 6) is 0.334. The van der Waals surface area contributed by atoms with E-state index in [2.05, 4.69) is 5.32 Å². The van der Waals surface area contributed by atoms with Gasteiger partial charge in [0.2, 0.25) is 0 Å². The molecular weight excluding hydrogens is 260 g/mol. The first-order valence-electron chi connectivity index (χ1n) is 6.93. The van der Waals surface area contributed by atoms with Gasteiger partial charge in [-0.1, -0.05) is 13.0 Å². The van der Waals surface area contributed by atoms with Gasteiger partial charge in [-0.3, -0.25) is 10.1 Å². The van der Waals surface area contributed by atoms with E-state index in [4.69, 9.17) is 9.47 Å². The van der Waals surface area contributed by atoms with E-state index in [9.17, 15) is 10.1 Å². The van der Waals surface area contributed by atoms with Crippen LogP contribution in [0.2, 0.25) is 0 Å². The highest BCUT2D eigenvalue weighted by atomic mass is 16.6. The molecule has 1 atom stereocenters. The highest BCUT2D eigenvalue weighted by Gasteiger charge is 2.21. The fraction of sp³-hybridized carbons (Fsp3) is 0.571. The Morgan fingerprint density at radius 3 is 3.05 bits per heavy atom. The largest absolute Gasteiger partial charge is 0.481 e. The summed E-state index contributed by atoms with van der Waals surface area (Å²) < 4.78 is 11.1. The molecule has 0 bridgehead atoms. The van der Waals surface area contributed by atoms with Gasteiger partial charge in [0.15, 0.2) is 5.75 Å². The van der Waals surface area contributed by atoms with Crippen molar-refractivity contribution < 1.29 is 14.4 Å². The molecule has 1 aromatic carbocycles. The molecule has 1 heterocycles. The Balaban J connectivity index is 2.14. The fourth-order valence-corrected chi connectivity index (χ4v) is 2.17. The van der Waals surface area contributed by atoms with Gasteiger partial charge in [0.25, 0.3) is 0 Å². The number of hydrogen-bond acceptors (Lipinski definition) is 5. The van der Waals surface area contributed by atoms with Crippen LogP contribution in [0.15, 0.2) is 18.2 Å². The molecular formula is C14H20N2O4. The van der Waals surface area contributed by atoms with Crippen LogP contribution in [0.1, 0.15) is 25.3 Å². The van der Waals surface area contributed by atoms with Crippen molar-refractivity contribution in [2.75, 3.05) is 19.8 Å². The van der Waals surface area contributed by atoms with E-state index in [1.807, 2.05) is 6.92 Å². The van der Waals surface area contributed by atoms with E-state index in [-0.39, 0.29) is 11.8 Å². The monoisotopic (exact) mass is 280 g/mol. The molecule has 0 saturated carbocycles. The molecule has 6 nitrogen and oxygen atoms in total. The van der Waals surface area contributed by atoms with Crippen LogP contribution in [0.4, 0.5) is 5.69 Å². The van der Waals surface area contributed by atoms with Crippen molar-refractivity contribution >= 4 is 5.69 Å². The molecule has 1 unspecified atom stereocenters. The summed E-state index contributed by atoms with van der Waals surface area (Å²) in [4.78, 5) is 10.7. The summed E-state index contributed by atoms with van der Waals surface area (Å²) in [7, 11) is 0. The van der Waals surface area contributed by atoms with Crippen molar-refractivity contribution in [1.82, 2.24) is 5.32 Å². The summed E-state index contributed by atoms with van der Waals surface area (Å²) >= 11 is 0. The second kappa shape index (κ2) is 7.21. The van der Waals surface area contributed by atoms with Crippen molar-refractivity contribution in [3.63, 3.8) is 0 Å². The lowest BCUT2D eigenvalue weighted by Crippen LogP contribution is -2.28. The molecule has 1 aliphatic rings. The summed E-state index contributed by atoms with van der Waals surface area (Å²) in [6.45, 7) is 4.77. The van der Waals surface area contributed by atoms with Crippen LogP contribution in [0.3, 0.4) is 0 Å². The Bertz CT molecular complexity index is 458. The van der Waals surface area contributed by atoms with Gasteiger partial charge in [-0.2, -0.15) is 0 Å². The van der Waals surface area contributed by atoms with Crippen molar-refractivity contribution in [3.8, 4) is 5.75 Å². The van der Waals surface area contributed by atoms with Gasteiger partial charge in [-0.15, -0.1) is 0 Å². The topological polar surface area (TPSA) is 73.6 Å². The van der Waals surface area contributed by atoms with Crippen molar-refractivity contribution in [2.24, 2.45) is 0 Å². The van der Waals surface area contributed by atoms with Crippen LogP contribution in [0.25, 0.3) is 0 Å². The molecule has 1 aromatic rings. The van der Waals surface area contributed by atoms with E-state index in [0.717, 1.165) is 31.6 Å². The van der Waals surface area contributed by atoms with Crippen molar-refractivity contribution in [2.45, 2.75) is 32.4 Å². The van der Waals surface area contributed by atoms with Crippen molar-refractivity contribution in [1.29, 1.82) is 0 Å². The number of hydrogen-bond donors (Lipinski definition) is 1. The SMILES string of the molecule is CCNCc1ccc([N+](=O)[O-])c(OC2CCCOC2)c1. The van der Waals surface area contributed by atoms with E-state index in [1.165, 1.54) is 6.07 Å². The first-order valence-corrected chi connectivity index (χ1v) is 6.93. The molecule has 0 aromatic heterocycles. The van der Waals surface area contributed by atoms with Gasteiger partial charge in [0, 0.05) is 19.2 Å². The molecule has 0 aliphatic carbocycles. The summed E-state index contributed by atoms with van der Waals surface area (Å²) in [6.07, 6.45) is 1.70. The number of rotatable bonds is 6. The first kappa shape index (κ1) is 14.7. The van der Waals surface area contributed by atoms with Crippen LogP contribution in [-0.4, -0.2) is 30.8 Å². The van der Waals surface area contributed by atoms with E-state index < -0.39 is 4.92 Å². The minimum Gasteiger partial charge on any atom is -0.481 e. The lowest BCUT2D eigenvalue weighted by molar-refractivity contribution is -0.386. The highest BCUT2D eigenvalue weighted by molar-refractivity contribution is 5.48. The highest BCUT2D eigenvalue weighted by Crippen LogP contribution is 2.30. The molecule has 0 spiro atoms. The molecule has 1 saturated heterocycles. The molecule has 2 rings (SSSR count). The second-order valence-electron chi connectivity index (χ2n) is 4.80. The maximum atomic E-state index is 11.1. The third-order valence-electron chi connectivity index (χ3n) is 3.21. The van der Waals surface area contributed by atoms with Gasteiger partial charge >= 0.3 is 5.69 Å². The van der Waals surface area contributed by atoms with E-state index in [0.29, 0.717) is 18.9 Å². The Kier molecular flexibility index (Phi) is 5.31. The number of nitrogens with zero attached hydrogens (tertiary/aromatic N) is 1. The molecule has 0 radical (unpaired) electrons. The number of nitro groups is 1. The average Bonchev–Trinajstić information content (AvgIpc) is 2.46. The molecule has 1 fully saturated rings. The first-order chi connectivity index (χ1) is 9.70. The van der Waals surface area contributed by atoms with Crippen LogP contribution >= 0.6 is 0 Å². The minimum absolute atomic E-state index is 0.0100. The molecule has 20 heavy (non-hydrogen) atoms. The zero-order valence-electron chi connectivity index (χ0n) is 11.6. The third kappa shape index (κ3) is 3.91. The van der Waals surface area contributed by atoms with E-state index >= 15 is 0 Å². The number of nitrogens with one attached hydrogen (secondary N) is 1. The fourth-order valence-electron chi connectivity index (χ4n) is 2.17. The number of ether oxygens (including phenoxy) is 2. The smallest absolute Gasteiger partial charge is 0.310 e. The summed E-state index contributed by atoms with van der Waals surface area (Å²) in [5.41, 5.74) is 0.986. The van der Waals surface area contributed by atoms with Gasteiger partial charge in [-0.25, -0.2) is 0 Å². The third-order valence-corrected chi connectivity index (χ3v) is 3.21. The minimum atomic E-state index is -0.407. The van der Waals surface area contributed by atoms with Gasteiger partial charge in [-0.05, 0) is 31.0 Å². The molecule has 1 N–H and O–H groups in total. The Morgan fingerprint density at radius 2 is 2.40 bits per heavy atom. The molecule has 1 aliphatic heterocycles. The van der Waals surface area contributed by atoms with Crippen LogP contribution in [0.5, 0.6) is 5.75 Å². The van der Waals surface area contributed by atoms with Crippen LogP contribution in [0, 0.1) is 10.1 Å². The van der Waals surface area contributed by atoms with Crippen LogP contribution in [-0.2, 0) is 11.3 Å². The van der Waals surface area contributed by atoms with Gasteiger partial charge in [0.05, 0.1) is 11.5 Å². The zero-order valence-corrected chi connectivity index (χ0v) is 11.6. The molecule has 6 heteroatoms. The predicted octanol–water partition coefficient (Wildman–Crippen LogP) is 2.26. The van der Waals surface area contributed by atoms with Gasteiger partial charge < -0.3 is 14.8 Å². The molecule has 0 amide bonds. The quantitative estimate of drug-likeness (QED) is 0.639. The standard InChI is InChI=1S/C14H20N2O4/c1-2-15-9-11-5-6-13(16(17)18)14(8-11)20-12-4-3-7-19-10-12/h5-6,8,12,15H,2-4,7,9-10H2,1H3. The van der Waals surface area contributed by atoms with Crippen LogP contribution < -0.4 is 10.1 Å². The van der Waals surface area contributed by atoms with E-state index in [1.54, 1.807) is 12.1 Å². The zero-order chi connectivity index (χ0) is 14.4. The Labute approximate surface area is 118 Å². The lowest BCUT2D eigenvalue weighted by Gasteiger charge is -2.23. The number of benzene rings is 1. The average molecular weight is 280 g/mol. The maximum absolute atomic E-state index is 11.1. The second-order valence-corrected chi connectivity index (χ2v) is 4.80. The summed E-state index contributed by atoms with van der Waals surface area (Å²) in [5, 5.41) is 14.3. The predicted molar refractivity (Wildman–Crippen MR) is 74.9 cm³/mol. The van der Waals surface area contributed by atoms with Gasteiger partial charge in [0.1, 0.15) is 6.10 Å². The lowest BCUT2D eigenvalue weighted by atomic mass is 10.1.